The Balaban J connectivity index is 0.00000338. The van der Waals surface area contributed by atoms with E-state index in [4.69, 9.17) is 5.73 Å². The van der Waals surface area contributed by atoms with E-state index in [1.165, 1.54) is 12.1 Å². The van der Waals surface area contributed by atoms with Crippen LogP contribution >= 0.6 is 12.4 Å². The van der Waals surface area contributed by atoms with Gasteiger partial charge in [0.05, 0.1) is 4.90 Å². The molecule has 0 aliphatic carbocycles. The number of nitrogens with two attached hydrogens (primary N) is 1. The largest absolute Gasteiger partial charge is 0.331 e. The van der Waals surface area contributed by atoms with E-state index < -0.39 is 16.1 Å². The van der Waals surface area contributed by atoms with E-state index in [1.807, 2.05) is 6.92 Å². The number of rotatable bonds is 8. The topological polar surface area (TPSA) is 122 Å². The van der Waals surface area contributed by atoms with Gasteiger partial charge in [-0.05, 0) is 31.0 Å². The molecule has 1 aliphatic rings. The number of hydrogen-bond donors (Lipinski definition) is 3. The lowest BCUT2D eigenvalue weighted by molar-refractivity contribution is -0.135. The molecule has 0 spiro atoms. The second-order valence-corrected chi connectivity index (χ2v) is 7.59. The van der Waals surface area contributed by atoms with E-state index in [2.05, 4.69) is 10.0 Å². The summed E-state index contributed by atoms with van der Waals surface area (Å²) in [5.41, 5.74) is 5.68. The van der Waals surface area contributed by atoms with Crippen LogP contribution in [0.3, 0.4) is 0 Å². The van der Waals surface area contributed by atoms with Gasteiger partial charge in [-0.1, -0.05) is 13.0 Å². The third kappa shape index (κ3) is 5.41. The van der Waals surface area contributed by atoms with Crippen molar-refractivity contribution >= 4 is 39.9 Å². The highest BCUT2D eigenvalue weighted by Gasteiger charge is 2.31. The average Bonchev–Trinajstić information content (AvgIpc) is 3.00. The van der Waals surface area contributed by atoms with Gasteiger partial charge in [0.15, 0.2) is 0 Å². The van der Waals surface area contributed by atoms with E-state index in [-0.39, 0.29) is 42.2 Å². The number of likely N-dealkylation sites (tertiary alicyclic amines) is 1. The van der Waals surface area contributed by atoms with Gasteiger partial charge in [-0.25, -0.2) is 13.1 Å². The van der Waals surface area contributed by atoms with Crippen molar-refractivity contribution in [1.29, 1.82) is 0 Å². The molecule has 1 aromatic carbocycles. The summed E-state index contributed by atoms with van der Waals surface area (Å²) < 4.78 is 26.6. The first kappa shape index (κ1) is 22.4. The molecule has 10 heteroatoms. The second-order valence-electron chi connectivity index (χ2n) is 5.82. The Hall–Kier alpha value is -1.68. The van der Waals surface area contributed by atoms with Crippen molar-refractivity contribution in [3.05, 3.63) is 24.3 Å². The highest BCUT2D eigenvalue weighted by Crippen LogP contribution is 2.19. The van der Waals surface area contributed by atoms with Crippen LogP contribution in [-0.2, 0) is 19.6 Å². The van der Waals surface area contributed by atoms with Gasteiger partial charge in [0, 0.05) is 31.7 Å². The summed E-state index contributed by atoms with van der Waals surface area (Å²) in [7, 11) is -3.68. The number of amides is 2. The maximum absolute atomic E-state index is 12.5. The van der Waals surface area contributed by atoms with Gasteiger partial charge in [-0.3, -0.25) is 9.59 Å². The number of nitrogens with zero attached hydrogens (tertiary/aromatic N) is 1. The fourth-order valence-electron chi connectivity index (χ4n) is 2.79. The predicted molar refractivity (Wildman–Crippen MR) is 102 cm³/mol. The molecule has 1 aromatic rings. The van der Waals surface area contributed by atoms with Crippen LogP contribution in [0.1, 0.15) is 26.2 Å². The lowest BCUT2D eigenvalue weighted by Crippen LogP contribution is -2.44. The molecule has 2 amide bonds. The summed E-state index contributed by atoms with van der Waals surface area (Å²) in [4.78, 5) is 26.0. The van der Waals surface area contributed by atoms with Crippen LogP contribution in [0.15, 0.2) is 29.2 Å². The quantitative estimate of drug-likeness (QED) is 0.588. The second kappa shape index (κ2) is 9.86. The molecule has 1 heterocycles. The zero-order valence-electron chi connectivity index (χ0n) is 14.6. The van der Waals surface area contributed by atoms with Gasteiger partial charge in [0.2, 0.25) is 21.8 Å². The smallest absolute Gasteiger partial charge is 0.247 e. The molecule has 0 radical (unpaired) electrons. The number of carbonyl (C=O) groups excluding carboxylic acids is 2. The Morgan fingerprint density at radius 1 is 1.38 bits per heavy atom. The molecule has 1 aliphatic heterocycles. The summed E-state index contributed by atoms with van der Waals surface area (Å²) in [6, 6.07) is 5.43. The van der Waals surface area contributed by atoms with E-state index in [0.717, 1.165) is 6.42 Å². The molecule has 1 atom stereocenters. The van der Waals surface area contributed by atoms with E-state index in [0.29, 0.717) is 25.1 Å². The molecular formula is C16H25ClN4O4S. The number of anilines is 1. The minimum absolute atomic E-state index is 0. The third-order valence-corrected chi connectivity index (χ3v) is 5.48. The number of sulfonamides is 1. The average molecular weight is 405 g/mol. The van der Waals surface area contributed by atoms with Gasteiger partial charge in [0.1, 0.15) is 6.04 Å². The summed E-state index contributed by atoms with van der Waals surface area (Å²) in [6.07, 6.45) is 1.71. The van der Waals surface area contributed by atoms with Crippen LogP contribution in [0.4, 0.5) is 5.69 Å². The Labute approximate surface area is 160 Å². The van der Waals surface area contributed by atoms with Crippen LogP contribution < -0.4 is 15.8 Å². The highest BCUT2D eigenvalue weighted by molar-refractivity contribution is 7.89. The molecule has 26 heavy (non-hydrogen) atoms. The summed E-state index contributed by atoms with van der Waals surface area (Å²) in [5.74, 6) is -0.341. The zero-order chi connectivity index (χ0) is 18.4. The molecule has 1 saturated heterocycles. The van der Waals surface area contributed by atoms with Crippen molar-refractivity contribution in [1.82, 2.24) is 9.62 Å². The van der Waals surface area contributed by atoms with Crippen LogP contribution in [-0.4, -0.2) is 50.8 Å². The van der Waals surface area contributed by atoms with E-state index in [1.54, 1.807) is 17.0 Å². The van der Waals surface area contributed by atoms with Gasteiger partial charge >= 0.3 is 0 Å². The standard InChI is InChI=1S/C16H24N4O4S.ClH/c1-2-14(20-10-4-7-15(20)21)16(22)19-12-5-3-6-13(11-12)25(23,24)18-9-8-17;/h3,5-6,11,14,18H,2,4,7-10,17H2,1H3,(H,19,22);1H. The minimum atomic E-state index is -3.68. The molecule has 0 aromatic heterocycles. The lowest BCUT2D eigenvalue weighted by Gasteiger charge is -2.25. The summed E-state index contributed by atoms with van der Waals surface area (Å²) >= 11 is 0. The fraction of sp³-hybridized carbons (Fsp3) is 0.500. The Kier molecular flexibility index (Phi) is 8.48. The maximum atomic E-state index is 12.5. The van der Waals surface area contributed by atoms with Gasteiger partial charge in [0.25, 0.3) is 0 Å². The fourth-order valence-corrected chi connectivity index (χ4v) is 3.88. The van der Waals surface area contributed by atoms with Crippen molar-refractivity contribution in [2.24, 2.45) is 5.73 Å². The van der Waals surface area contributed by atoms with Gasteiger partial charge in [-0.15, -0.1) is 12.4 Å². The molecular weight excluding hydrogens is 380 g/mol. The Morgan fingerprint density at radius 2 is 2.12 bits per heavy atom. The van der Waals surface area contributed by atoms with Gasteiger partial charge < -0.3 is 16.0 Å². The van der Waals surface area contributed by atoms with Crippen LogP contribution in [0.2, 0.25) is 0 Å². The molecule has 146 valence electrons. The molecule has 2 rings (SSSR count). The van der Waals surface area contributed by atoms with E-state index in [9.17, 15) is 18.0 Å². The first-order chi connectivity index (χ1) is 11.9. The predicted octanol–water partition coefficient (Wildman–Crippen LogP) is 0.685. The van der Waals surface area contributed by atoms with Crippen molar-refractivity contribution < 1.29 is 18.0 Å². The van der Waals surface area contributed by atoms with Crippen LogP contribution in [0.25, 0.3) is 0 Å². The molecule has 4 N–H and O–H groups in total. The maximum Gasteiger partial charge on any atom is 0.247 e. The molecule has 0 bridgehead atoms. The lowest BCUT2D eigenvalue weighted by atomic mass is 10.1. The Morgan fingerprint density at radius 3 is 2.69 bits per heavy atom. The molecule has 1 unspecified atom stereocenters. The molecule has 8 nitrogen and oxygen atoms in total. The number of nitrogens with one attached hydrogen (secondary N) is 2. The van der Waals surface area contributed by atoms with Crippen molar-refractivity contribution in [3.63, 3.8) is 0 Å². The number of hydrogen-bond acceptors (Lipinski definition) is 5. The Bertz CT molecular complexity index is 742. The number of benzene rings is 1. The highest BCUT2D eigenvalue weighted by atomic mass is 35.5. The normalized spacial score (nSPS) is 15.5. The third-order valence-electron chi connectivity index (χ3n) is 4.02. The van der Waals surface area contributed by atoms with Crippen LogP contribution in [0.5, 0.6) is 0 Å². The van der Waals surface area contributed by atoms with E-state index >= 15 is 0 Å². The minimum Gasteiger partial charge on any atom is -0.331 e. The number of carbonyl (C=O) groups is 2. The van der Waals surface area contributed by atoms with Crippen molar-refractivity contribution in [3.8, 4) is 0 Å². The zero-order valence-corrected chi connectivity index (χ0v) is 16.2. The summed E-state index contributed by atoms with van der Waals surface area (Å²) in [5, 5.41) is 2.71. The molecule has 0 saturated carbocycles. The number of halogens is 1. The van der Waals surface area contributed by atoms with Crippen molar-refractivity contribution in [2.45, 2.75) is 37.1 Å². The first-order valence-corrected chi connectivity index (χ1v) is 9.77. The monoisotopic (exact) mass is 404 g/mol. The first-order valence-electron chi connectivity index (χ1n) is 8.29. The summed E-state index contributed by atoms with van der Waals surface area (Å²) in [6.45, 7) is 2.74. The van der Waals surface area contributed by atoms with Crippen LogP contribution in [0, 0.1) is 0 Å². The van der Waals surface area contributed by atoms with Gasteiger partial charge in [-0.2, -0.15) is 0 Å². The van der Waals surface area contributed by atoms with Crippen molar-refractivity contribution in [2.75, 3.05) is 25.0 Å². The SMILES string of the molecule is CCC(C(=O)Nc1cccc(S(=O)(=O)NCCN)c1)N1CCCC1=O.Cl. The molecule has 1 fully saturated rings.